The number of alkyl halides is 3. The van der Waals surface area contributed by atoms with Crippen LogP contribution in [0.4, 0.5) is 24.5 Å². The smallest absolute Gasteiger partial charge is 0.388 e. The Hall–Kier alpha value is -2.91. The van der Waals surface area contributed by atoms with E-state index in [4.69, 9.17) is 0 Å². The molecule has 2 aromatic carbocycles. The zero-order valence-electron chi connectivity index (χ0n) is 18.0. The van der Waals surface area contributed by atoms with Crippen molar-refractivity contribution < 1.29 is 27.9 Å². The summed E-state index contributed by atoms with van der Waals surface area (Å²) in [7, 11) is 0. The number of halogens is 3. The van der Waals surface area contributed by atoms with Gasteiger partial charge in [0.1, 0.15) is 6.04 Å². The average molecular weight is 461 g/mol. The van der Waals surface area contributed by atoms with Gasteiger partial charge in [-0.25, -0.2) is 0 Å². The summed E-state index contributed by atoms with van der Waals surface area (Å²) >= 11 is 0. The van der Waals surface area contributed by atoms with Crippen molar-refractivity contribution >= 4 is 23.2 Å². The Morgan fingerprint density at radius 1 is 1.06 bits per heavy atom. The molecule has 2 heterocycles. The Kier molecular flexibility index (Phi) is 6.71. The van der Waals surface area contributed by atoms with E-state index in [-0.39, 0.29) is 23.8 Å². The van der Waals surface area contributed by atoms with E-state index in [1.807, 2.05) is 35.2 Å². The lowest BCUT2D eigenvalue weighted by Gasteiger charge is -2.37. The van der Waals surface area contributed by atoms with E-state index in [2.05, 4.69) is 5.32 Å². The summed E-state index contributed by atoms with van der Waals surface area (Å²) in [5, 5.41) is 13.1. The number of nitrogens with one attached hydrogen (secondary N) is 1. The molecule has 0 radical (unpaired) electrons. The van der Waals surface area contributed by atoms with Crippen LogP contribution in [0.2, 0.25) is 0 Å². The van der Waals surface area contributed by atoms with Crippen molar-refractivity contribution in [3.63, 3.8) is 0 Å². The molecule has 33 heavy (non-hydrogen) atoms. The molecule has 0 bridgehead atoms. The molecule has 2 aromatic rings. The van der Waals surface area contributed by atoms with Crippen molar-refractivity contribution in [1.82, 2.24) is 4.90 Å². The first-order chi connectivity index (χ1) is 15.7. The van der Waals surface area contributed by atoms with Crippen molar-refractivity contribution in [2.45, 2.75) is 37.6 Å². The number of anilines is 2. The second kappa shape index (κ2) is 9.52. The van der Waals surface area contributed by atoms with Gasteiger partial charge in [0, 0.05) is 0 Å². The van der Waals surface area contributed by atoms with E-state index in [0.29, 0.717) is 25.9 Å². The summed E-state index contributed by atoms with van der Waals surface area (Å²) in [6, 6.07) is 13.1. The van der Waals surface area contributed by atoms with Crippen molar-refractivity contribution in [2.24, 2.45) is 5.92 Å². The summed E-state index contributed by atoms with van der Waals surface area (Å²) in [5.74, 6) is -1.47. The minimum absolute atomic E-state index is 0.0161. The number of piperidine rings is 1. The number of nitrogens with zero attached hydrogens (tertiary/aromatic N) is 2. The molecule has 2 N–H and O–H groups in total. The van der Waals surface area contributed by atoms with E-state index in [0.717, 1.165) is 10.5 Å². The van der Waals surface area contributed by atoms with E-state index >= 15 is 0 Å². The van der Waals surface area contributed by atoms with E-state index in [1.54, 1.807) is 12.1 Å². The number of carbonyl (C=O) groups is 2. The highest BCUT2D eigenvalue weighted by molar-refractivity contribution is 6.05. The molecule has 1 saturated heterocycles. The number of hydrogen-bond acceptors (Lipinski definition) is 4. The largest absolute Gasteiger partial charge is 0.409 e. The molecule has 9 heteroatoms. The van der Waals surface area contributed by atoms with E-state index in [1.165, 1.54) is 12.1 Å². The molecule has 4 rings (SSSR count). The molecule has 176 valence electrons. The van der Waals surface area contributed by atoms with Crippen LogP contribution in [0.1, 0.15) is 30.9 Å². The Morgan fingerprint density at radius 3 is 2.36 bits per heavy atom. The quantitative estimate of drug-likeness (QED) is 0.728. The first-order valence-corrected chi connectivity index (χ1v) is 11.0. The standard InChI is InChI=1S/C24H26F3N3O3/c25-24(26,27)20-14-21(31)28-18-8-4-5-9-19(18)30(20)22(32)15-29-12-10-17(11-13-29)23(33)16-6-2-1-3-7-16/h1-9,17,20,23,33H,10-15H2,(H,28,31)/t20-,23+/m0/s1. The molecule has 1 fully saturated rings. The van der Waals surface area contributed by atoms with E-state index < -0.39 is 36.6 Å². The highest BCUT2D eigenvalue weighted by Gasteiger charge is 2.49. The van der Waals surface area contributed by atoms with Crippen LogP contribution in [0.3, 0.4) is 0 Å². The maximum absolute atomic E-state index is 13.9. The van der Waals surface area contributed by atoms with Crippen LogP contribution in [-0.2, 0) is 9.59 Å². The molecule has 2 atom stereocenters. The van der Waals surface area contributed by atoms with Crippen molar-refractivity contribution in [3.8, 4) is 0 Å². The van der Waals surface area contributed by atoms with Crippen LogP contribution < -0.4 is 10.2 Å². The summed E-state index contributed by atoms with van der Waals surface area (Å²) in [4.78, 5) is 27.8. The number of amides is 2. The van der Waals surface area contributed by atoms with E-state index in [9.17, 15) is 27.9 Å². The maximum Gasteiger partial charge on any atom is 0.409 e. The third-order valence-electron chi connectivity index (χ3n) is 6.35. The average Bonchev–Trinajstić information content (AvgIpc) is 2.95. The predicted octanol–water partition coefficient (Wildman–Crippen LogP) is 3.74. The monoisotopic (exact) mass is 461 g/mol. The van der Waals surface area contributed by atoms with Crippen LogP contribution in [-0.4, -0.2) is 53.7 Å². The molecule has 0 unspecified atom stereocenters. The molecule has 6 nitrogen and oxygen atoms in total. The number of para-hydroxylation sites is 2. The summed E-state index contributed by atoms with van der Waals surface area (Å²) in [6.07, 6.45) is -4.97. The van der Waals surface area contributed by atoms with Gasteiger partial charge in [-0.05, 0) is 49.5 Å². The van der Waals surface area contributed by atoms with Gasteiger partial charge < -0.3 is 10.4 Å². The minimum Gasteiger partial charge on any atom is -0.388 e. The number of likely N-dealkylation sites (tertiary alicyclic amines) is 1. The van der Waals surface area contributed by atoms with Gasteiger partial charge in [0.15, 0.2) is 0 Å². The minimum atomic E-state index is -4.75. The summed E-state index contributed by atoms with van der Waals surface area (Å²) in [5.41, 5.74) is 1.07. The third kappa shape index (κ3) is 5.20. The lowest BCUT2D eigenvalue weighted by Crippen LogP contribution is -2.53. The Morgan fingerprint density at radius 2 is 1.70 bits per heavy atom. The number of aliphatic hydroxyl groups is 1. The van der Waals surface area contributed by atoms with Crippen LogP contribution in [0.15, 0.2) is 54.6 Å². The summed E-state index contributed by atoms with van der Waals surface area (Å²) < 4.78 is 41.6. The van der Waals surface area contributed by atoms with Gasteiger partial charge in [-0.15, -0.1) is 0 Å². The predicted molar refractivity (Wildman–Crippen MR) is 118 cm³/mol. The molecule has 0 aliphatic carbocycles. The van der Waals surface area contributed by atoms with Gasteiger partial charge in [0.2, 0.25) is 11.8 Å². The van der Waals surface area contributed by atoms with Crippen LogP contribution in [0.25, 0.3) is 0 Å². The van der Waals surface area contributed by atoms with Crippen molar-refractivity contribution in [3.05, 3.63) is 60.2 Å². The van der Waals surface area contributed by atoms with Gasteiger partial charge in [0.25, 0.3) is 0 Å². The maximum atomic E-state index is 13.9. The molecular formula is C24H26F3N3O3. The molecule has 0 spiro atoms. The fourth-order valence-electron chi connectivity index (χ4n) is 4.61. The SMILES string of the molecule is O=C1C[C@@H](C(F)(F)F)N(C(=O)CN2CCC([C@H](O)c3ccccc3)CC2)c2ccccc2N1. The molecule has 2 amide bonds. The Bertz CT molecular complexity index is 991. The molecule has 2 aliphatic rings. The lowest BCUT2D eigenvalue weighted by molar-refractivity contribution is -0.158. The zero-order valence-corrected chi connectivity index (χ0v) is 18.0. The molecule has 0 saturated carbocycles. The highest BCUT2D eigenvalue weighted by atomic mass is 19.4. The second-order valence-corrected chi connectivity index (χ2v) is 8.56. The normalized spacial score (nSPS) is 21.2. The number of aliphatic hydroxyl groups excluding tert-OH is 1. The fraction of sp³-hybridized carbons (Fsp3) is 0.417. The first kappa shape index (κ1) is 23.3. The second-order valence-electron chi connectivity index (χ2n) is 8.56. The topological polar surface area (TPSA) is 72.9 Å². The molecule has 2 aliphatic heterocycles. The van der Waals surface area contributed by atoms with Gasteiger partial charge in [-0.1, -0.05) is 42.5 Å². The zero-order chi connectivity index (χ0) is 23.6. The third-order valence-corrected chi connectivity index (χ3v) is 6.35. The van der Waals surface area contributed by atoms with Crippen LogP contribution in [0.5, 0.6) is 0 Å². The Balaban J connectivity index is 1.47. The highest BCUT2D eigenvalue weighted by Crippen LogP contribution is 2.38. The summed E-state index contributed by atoms with van der Waals surface area (Å²) in [6.45, 7) is 0.788. The van der Waals surface area contributed by atoms with Crippen molar-refractivity contribution in [2.75, 3.05) is 29.9 Å². The number of benzene rings is 2. The molecule has 0 aromatic heterocycles. The number of rotatable bonds is 4. The van der Waals surface area contributed by atoms with Gasteiger partial charge >= 0.3 is 6.18 Å². The lowest BCUT2D eigenvalue weighted by atomic mass is 9.87. The van der Waals surface area contributed by atoms with Gasteiger partial charge in [-0.3, -0.25) is 19.4 Å². The van der Waals surface area contributed by atoms with Gasteiger partial charge in [-0.2, -0.15) is 13.2 Å². The number of carbonyl (C=O) groups excluding carboxylic acids is 2. The number of hydrogen-bond donors (Lipinski definition) is 2. The molecular weight excluding hydrogens is 435 g/mol. The van der Waals surface area contributed by atoms with Crippen molar-refractivity contribution in [1.29, 1.82) is 0 Å². The Labute approximate surface area is 190 Å². The number of fused-ring (bicyclic) bond motifs is 1. The first-order valence-electron chi connectivity index (χ1n) is 11.0. The van der Waals surface area contributed by atoms with Gasteiger partial charge in [0.05, 0.1) is 30.4 Å². The fourth-order valence-corrected chi connectivity index (χ4v) is 4.61. The van der Waals surface area contributed by atoms with Crippen LogP contribution in [0, 0.1) is 5.92 Å². The van der Waals surface area contributed by atoms with Crippen LogP contribution >= 0.6 is 0 Å².